The van der Waals surface area contributed by atoms with Gasteiger partial charge in [0, 0.05) is 6.54 Å². The third-order valence-electron chi connectivity index (χ3n) is 4.14. The van der Waals surface area contributed by atoms with Crippen molar-refractivity contribution in [2.75, 3.05) is 13.1 Å². The van der Waals surface area contributed by atoms with Crippen LogP contribution in [0.1, 0.15) is 13.4 Å². The van der Waals surface area contributed by atoms with E-state index in [1.807, 2.05) is 30.3 Å². The molecule has 0 aliphatic carbocycles. The molecule has 0 bridgehead atoms. The number of fused-ring (bicyclic) bond motifs is 1. The van der Waals surface area contributed by atoms with Gasteiger partial charge in [0.25, 0.3) is 0 Å². The van der Waals surface area contributed by atoms with E-state index in [9.17, 15) is 13.2 Å². The van der Waals surface area contributed by atoms with Crippen LogP contribution in [0, 0.1) is 0 Å². The molecule has 1 aromatic carbocycles. The van der Waals surface area contributed by atoms with Gasteiger partial charge in [-0.25, -0.2) is 0 Å². The second kappa shape index (κ2) is 6.52. The molecule has 2 heterocycles. The van der Waals surface area contributed by atoms with E-state index >= 15 is 0 Å². The van der Waals surface area contributed by atoms with E-state index in [0.29, 0.717) is 13.0 Å². The fraction of sp³-hybridized carbons (Fsp3) is 0.357. The molecule has 0 unspecified atom stereocenters. The summed E-state index contributed by atoms with van der Waals surface area (Å²) in [5.74, 6) is -0.159. The Morgan fingerprint density at radius 1 is 1.41 bits per heavy atom. The van der Waals surface area contributed by atoms with Gasteiger partial charge in [0.15, 0.2) is 5.78 Å². The van der Waals surface area contributed by atoms with Crippen LogP contribution < -0.4 is 34.9 Å². The van der Waals surface area contributed by atoms with Crippen LogP contribution >= 0.6 is 0 Å². The first-order chi connectivity index (χ1) is 9.93. The van der Waals surface area contributed by atoms with Gasteiger partial charge in [-0.2, -0.15) is 12.7 Å². The zero-order valence-corrected chi connectivity index (χ0v) is 15.1. The van der Waals surface area contributed by atoms with E-state index in [1.54, 1.807) is 6.08 Å². The molecule has 8 heteroatoms. The fourth-order valence-electron chi connectivity index (χ4n) is 3.05. The van der Waals surface area contributed by atoms with Crippen LogP contribution in [-0.4, -0.2) is 47.7 Å². The molecular formula is C14H17N2NaO4S. The average molecular weight is 332 g/mol. The molecule has 3 rings (SSSR count). The molecule has 22 heavy (non-hydrogen) atoms. The van der Waals surface area contributed by atoms with Gasteiger partial charge in [-0.05, 0) is 24.6 Å². The van der Waals surface area contributed by atoms with Crippen LogP contribution in [0.2, 0.25) is 0 Å². The van der Waals surface area contributed by atoms with Crippen molar-refractivity contribution < 1.29 is 48.7 Å². The third-order valence-corrected chi connectivity index (χ3v) is 5.12. The Labute approximate surface area is 153 Å². The zero-order valence-electron chi connectivity index (χ0n) is 13.3. The van der Waals surface area contributed by atoms with Crippen LogP contribution in [0.15, 0.2) is 36.4 Å². The molecule has 0 saturated carbocycles. The molecule has 0 spiro atoms. The van der Waals surface area contributed by atoms with Crippen molar-refractivity contribution in [2.24, 2.45) is 0 Å². The fourth-order valence-corrected chi connectivity index (χ4v) is 4.02. The predicted octanol–water partition coefficient (Wildman–Crippen LogP) is -2.40. The topological polar surface area (TPSA) is 86.7 Å². The molecule has 6 nitrogen and oxygen atoms in total. The summed E-state index contributed by atoms with van der Waals surface area (Å²) >= 11 is 0. The Balaban J connectivity index is 0.00000132. The van der Waals surface area contributed by atoms with Crippen molar-refractivity contribution in [2.45, 2.75) is 18.0 Å². The number of nitrogens with zero attached hydrogens (tertiary/aromatic N) is 1. The monoisotopic (exact) mass is 332 g/mol. The third kappa shape index (κ3) is 3.07. The first-order valence-corrected chi connectivity index (χ1v) is 8.10. The number of carbonyl (C=O) groups is 1. The molecule has 2 saturated heterocycles. The number of carbonyl (C=O) groups excluding carboxylic acids is 1. The summed E-state index contributed by atoms with van der Waals surface area (Å²) in [7, 11) is -4.24. The molecule has 0 aromatic heterocycles. The Bertz CT molecular complexity index is 698. The minimum Gasteiger partial charge on any atom is -1.00 e. The smallest absolute Gasteiger partial charge is 1.00 e. The van der Waals surface area contributed by atoms with E-state index in [4.69, 9.17) is 4.55 Å². The first kappa shape index (κ1) is 17.8. The summed E-state index contributed by atoms with van der Waals surface area (Å²) in [5, 5.41) is 3.09. The van der Waals surface area contributed by atoms with Crippen molar-refractivity contribution in [1.82, 2.24) is 9.62 Å². The predicted molar refractivity (Wildman–Crippen MR) is 79.0 cm³/mol. The van der Waals surface area contributed by atoms with Crippen molar-refractivity contribution in [3.63, 3.8) is 0 Å². The quantitative estimate of drug-likeness (QED) is 0.365. The van der Waals surface area contributed by atoms with Crippen molar-refractivity contribution >= 4 is 22.2 Å². The zero-order chi connectivity index (χ0) is 15.1. The van der Waals surface area contributed by atoms with Crippen molar-refractivity contribution in [3.05, 3.63) is 42.0 Å². The standard InChI is InChI=1S/C14H16N2O4S.Na.H/c17-13(7-6-11-4-2-1-3-5-11)14-10-16(21(18,19)20)12(14)8-9-15-14;;/h1-7,12,15H,8-10H2,(H,18,19,20);;/q;+1;-1/b7-6+;;/t12-,14+;;/m1../s1. The van der Waals surface area contributed by atoms with E-state index < -0.39 is 21.9 Å². The van der Waals surface area contributed by atoms with Gasteiger partial charge in [0.2, 0.25) is 0 Å². The molecule has 2 aliphatic heterocycles. The minimum absolute atomic E-state index is 0. The van der Waals surface area contributed by atoms with Crippen molar-refractivity contribution in [1.29, 1.82) is 0 Å². The Morgan fingerprint density at radius 2 is 2.09 bits per heavy atom. The van der Waals surface area contributed by atoms with Gasteiger partial charge in [-0.1, -0.05) is 36.4 Å². The maximum atomic E-state index is 12.4. The molecule has 2 N–H and O–H groups in total. The van der Waals surface area contributed by atoms with Gasteiger partial charge in [0.1, 0.15) is 5.54 Å². The number of rotatable bonds is 4. The number of ketones is 1. The number of benzene rings is 1. The maximum Gasteiger partial charge on any atom is 1.00 e. The van der Waals surface area contributed by atoms with E-state index in [1.165, 1.54) is 6.08 Å². The maximum absolute atomic E-state index is 12.4. The van der Waals surface area contributed by atoms with E-state index in [0.717, 1.165) is 9.87 Å². The molecule has 2 atom stereocenters. The molecular weight excluding hydrogens is 315 g/mol. The molecule has 1 aromatic rings. The van der Waals surface area contributed by atoms with Crippen LogP contribution in [0.5, 0.6) is 0 Å². The van der Waals surface area contributed by atoms with Gasteiger partial charge in [-0.3, -0.25) is 9.35 Å². The second-order valence-electron chi connectivity index (χ2n) is 5.33. The van der Waals surface area contributed by atoms with Crippen LogP contribution in [0.4, 0.5) is 0 Å². The Hall–Kier alpha value is -0.540. The summed E-state index contributed by atoms with van der Waals surface area (Å²) in [4.78, 5) is 12.4. The largest absolute Gasteiger partial charge is 1.00 e. The Kier molecular flexibility index (Phi) is 5.28. The number of hydrogen-bond donors (Lipinski definition) is 2. The molecule has 2 fully saturated rings. The van der Waals surface area contributed by atoms with Gasteiger partial charge >= 0.3 is 39.9 Å². The molecule has 0 radical (unpaired) electrons. The second-order valence-corrected chi connectivity index (χ2v) is 6.70. The summed E-state index contributed by atoms with van der Waals surface area (Å²) < 4.78 is 32.6. The molecule has 114 valence electrons. The summed E-state index contributed by atoms with van der Waals surface area (Å²) in [5.41, 5.74) is 0.0175. The molecule has 0 amide bonds. The van der Waals surface area contributed by atoms with Crippen molar-refractivity contribution in [3.8, 4) is 0 Å². The number of hydrogen-bond acceptors (Lipinski definition) is 4. The number of nitrogens with one attached hydrogen (secondary N) is 1. The average Bonchev–Trinajstić information content (AvgIpc) is 2.73. The van der Waals surface area contributed by atoms with Gasteiger partial charge < -0.3 is 6.74 Å². The SMILES string of the molecule is O=C(/C=C/c1ccccc1)[C@]12CN(S(=O)(=O)O)[C@@H]1CCN2.[H-].[Na+]. The van der Waals surface area contributed by atoms with E-state index in [-0.39, 0.29) is 43.3 Å². The minimum atomic E-state index is -4.24. The summed E-state index contributed by atoms with van der Waals surface area (Å²) in [6.45, 7) is 0.538. The first-order valence-electron chi connectivity index (χ1n) is 6.70. The molecule has 2 aliphatic rings. The van der Waals surface area contributed by atoms with Crippen LogP contribution in [-0.2, 0) is 15.1 Å². The van der Waals surface area contributed by atoms with E-state index in [2.05, 4.69) is 5.32 Å². The Morgan fingerprint density at radius 3 is 2.73 bits per heavy atom. The normalized spacial score (nSPS) is 28.0. The van der Waals surface area contributed by atoms with Gasteiger partial charge in [-0.15, -0.1) is 0 Å². The summed E-state index contributed by atoms with van der Waals surface area (Å²) in [6.07, 6.45) is 3.71. The van der Waals surface area contributed by atoms with Crippen LogP contribution in [0.3, 0.4) is 0 Å². The van der Waals surface area contributed by atoms with Crippen LogP contribution in [0.25, 0.3) is 6.08 Å². The van der Waals surface area contributed by atoms with Gasteiger partial charge in [0.05, 0.1) is 6.04 Å². The summed E-state index contributed by atoms with van der Waals surface area (Å²) in [6, 6.07) is 8.91.